The quantitative estimate of drug-likeness (QED) is 0.762. The molecule has 1 aromatic carbocycles. The van der Waals surface area contributed by atoms with Crippen molar-refractivity contribution in [3.05, 3.63) is 24.3 Å². The fourth-order valence-electron chi connectivity index (χ4n) is 0.657. The first-order chi connectivity index (χ1) is 9.22. The minimum Gasteiger partial charge on any atom is -0.508 e. The molecule has 0 amide bonds. The van der Waals surface area contributed by atoms with E-state index in [1.165, 1.54) is 18.2 Å². The standard InChI is InChI=1S/C10H14O2/c1-2-3-7-12-10-6-4-5-9(11)8-10/h4-6,8,11H,2-3,7H2,1H3/i1D3,2D2,3D2,7D2. The lowest BCUT2D eigenvalue weighted by molar-refractivity contribution is 0.307. The third kappa shape index (κ3) is 2.82. The number of phenols is 1. The Kier molecular flexibility index (Phi) is 1.03. The predicted octanol–water partition coefficient (Wildman–Crippen LogP) is 2.57. The molecule has 0 heterocycles. The zero-order valence-electron chi connectivity index (χ0n) is 15.2. The Balaban J connectivity index is 3.16. The minimum absolute atomic E-state index is 0.259. The lowest BCUT2D eigenvalue weighted by Crippen LogP contribution is -1.95. The van der Waals surface area contributed by atoms with Gasteiger partial charge < -0.3 is 9.84 Å². The first-order valence-corrected chi connectivity index (χ1v) is 3.20. The predicted molar refractivity (Wildman–Crippen MR) is 48.5 cm³/mol. The Morgan fingerprint density at radius 2 is 2.58 bits per heavy atom. The van der Waals surface area contributed by atoms with E-state index in [2.05, 4.69) is 0 Å². The van der Waals surface area contributed by atoms with Crippen LogP contribution in [0, 0.1) is 0 Å². The van der Waals surface area contributed by atoms with Gasteiger partial charge in [0.05, 0.1) is 9.30 Å². The molecular weight excluding hydrogens is 152 g/mol. The molecule has 0 aliphatic rings. The van der Waals surface area contributed by atoms with Crippen LogP contribution >= 0.6 is 0 Å². The van der Waals surface area contributed by atoms with Gasteiger partial charge in [-0.3, -0.25) is 0 Å². The second-order valence-electron chi connectivity index (χ2n) is 1.95. The maximum Gasteiger partial charge on any atom is 0.122 e. The van der Waals surface area contributed by atoms with Crippen molar-refractivity contribution in [1.82, 2.24) is 0 Å². The first kappa shape index (κ1) is 2.66. The molecule has 0 saturated heterocycles. The number of benzene rings is 1. The summed E-state index contributed by atoms with van der Waals surface area (Å²) in [7, 11) is 0. The van der Waals surface area contributed by atoms with Crippen LogP contribution < -0.4 is 4.74 Å². The Bertz CT molecular complexity index is 509. The third-order valence-corrected chi connectivity index (χ3v) is 1.10. The highest BCUT2D eigenvalue weighted by Crippen LogP contribution is 2.17. The normalized spacial score (nSPS) is 25.5. The number of phenolic OH excluding ortho intramolecular Hbond substituents is 1. The average Bonchev–Trinajstić information content (AvgIpc) is 2.26. The van der Waals surface area contributed by atoms with E-state index >= 15 is 0 Å². The molecule has 0 bridgehead atoms. The van der Waals surface area contributed by atoms with Crippen LogP contribution in [0.15, 0.2) is 24.3 Å². The molecule has 0 fully saturated rings. The van der Waals surface area contributed by atoms with Crippen LogP contribution in [-0.4, -0.2) is 11.7 Å². The zero-order valence-corrected chi connectivity index (χ0v) is 6.16. The molecule has 0 radical (unpaired) electrons. The van der Waals surface area contributed by atoms with E-state index in [-0.39, 0.29) is 11.5 Å². The zero-order chi connectivity index (χ0) is 16.7. The molecule has 2 nitrogen and oxygen atoms in total. The Morgan fingerprint density at radius 3 is 3.33 bits per heavy atom. The van der Waals surface area contributed by atoms with Crippen molar-refractivity contribution in [3.63, 3.8) is 0 Å². The largest absolute Gasteiger partial charge is 0.508 e. The molecule has 0 aromatic heterocycles. The van der Waals surface area contributed by atoms with Gasteiger partial charge in [-0.05, 0) is 18.5 Å². The Labute approximate surface area is 85.4 Å². The number of ether oxygens (including phenoxy) is 1. The molecule has 0 spiro atoms. The summed E-state index contributed by atoms with van der Waals surface area (Å²) in [5.74, 6) is -0.520. The van der Waals surface area contributed by atoms with Gasteiger partial charge in [0.1, 0.15) is 11.5 Å². The van der Waals surface area contributed by atoms with E-state index in [1.54, 1.807) is 0 Å². The van der Waals surface area contributed by atoms with Crippen molar-refractivity contribution in [3.8, 4) is 11.5 Å². The van der Waals surface area contributed by atoms with Gasteiger partial charge in [0, 0.05) is 15.7 Å². The van der Waals surface area contributed by atoms with Crippen LogP contribution in [0.3, 0.4) is 0 Å². The molecule has 0 saturated carbocycles. The fourth-order valence-corrected chi connectivity index (χ4v) is 0.657. The van der Waals surface area contributed by atoms with Gasteiger partial charge in [0.15, 0.2) is 0 Å². The maximum atomic E-state index is 9.24. The Morgan fingerprint density at radius 1 is 1.67 bits per heavy atom. The maximum absolute atomic E-state index is 9.24. The molecule has 0 unspecified atom stereocenters. The SMILES string of the molecule is [2H]C([2H])([2H])C([2H])([2H])C([2H])([2H])C([2H])([2H])Oc1cccc(O)c1. The van der Waals surface area contributed by atoms with Crippen molar-refractivity contribution >= 4 is 0 Å². The second-order valence-corrected chi connectivity index (χ2v) is 1.95. The molecule has 2 heteroatoms. The van der Waals surface area contributed by atoms with E-state index in [4.69, 9.17) is 17.1 Å². The summed E-state index contributed by atoms with van der Waals surface area (Å²) in [4.78, 5) is 0. The molecule has 1 N–H and O–H groups in total. The number of rotatable bonds is 4. The molecular formula is C10H14O2. The summed E-state index contributed by atoms with van der Waals surface area (Å²) in [6, 6.07) is 4.81. The fraction of sp³-hybridized carbons (Fsp3) is 0.400. The topological polar surface area (TPSA) is 29.5 Å². The molecule has 1 rings (SSSR count). The summed E-state index contributed by atoms with van der Waals surface area (Å²) in [6.07, 6.45) is -6.96. The third-order valence-electron chi connectivity index (χ3n) is 1.10. The van der Waals surface area contributed by atoms with Crippen LogP contribution in [0.5, 0.6) is 11.5 Å². The Hall–Kier alpha value is -1.18. The summed E-state index contributed by atoms with van der Waals surface area (Å²) in [6.45, 7) is -6.66. The smallest absolute Gasteiger partial charge is 0.122 e. The van der Waals surface area contributed by atoms with Crippen molar-refractivity contribution in [2.45, 2.75) is 19.6 Å². The molecule has 0 atom stereocenters. The van der Waals surface area contributed by atoms with Gasteiger partial charge in [0.25, 0.3) is 0 Å². The summed E-state index contributed by atoms with van der Waals surface area (Å²) >= 11 is 0. The number of hydrogen-bond acceptors (Lipinski definition) is 2. The summed E-state index contributed by atoms with van der Waals surface area (Å²) in [5, 5.41) is 9.24. The van der Waals surface area contributed by atoms with Crippen molar-refractivity contribution in [2.75, 3.05) is 6.56 Å². The van der Waals surface area contributed by atoms with Crippen LogP contribution in [0.4, 0.5) is 0 Å². The van der Waals surface area contributed by atoms with Gasteiger partial charge in [0.2, 0.25) is 0 Å². The van der Waals surface area contributed by atoms with E-state index in [9.17, 15) is 5.11 Å². The van der Waals surface area contributed by atoms with Gasteiger partial charge in [-0.1, -0.05) is 19.3 Å². The first-order valence-electron chi connectivity index (χ1n) is 7.70. The molecule has 1 aromatic rings. The van der Waals surface area contributed by atoms with Crippen LogP contribution in [0.1, 0.15) is 31.9 Å². The molecule has 66 valence electrons. The summed E-state index contributed by atoms with van der Waals surface area (Å²) in [5.41, 5.74) is 0. The van der Waals surface area contributed by atoms with Gasteiger partial charge in [-0.15, -0.1) is 0 Å². The highest BCUT2D eigenvalue weighted by molar-refractivity contribution is 5.31. The van der Waals surface area contributed by atoms with E-state index in [0.29, 0.717) is 0 Å². The molecule has 0 aliphatic heterocycles. The van der Waals surface area contributed by atoms with Gasteiger partial charge >= 0.3 is 0 Å². The van der Waals surface area contributed by atoms with E-state index in [0.717, 1.165) is 6.07 Å². The van der Waals surface area contributed by atoms with Crippen molar-refractivity contribution in [2.24, 2.45) is 0 Å². The van der Waals surface area contributed by atoms with Gasteiger partial charge in [-0.2, -0.15) is 0 Å². The average molecular weight is 175 g/mol. The second kappa shape index (κ2) is 4.65. The minimum atomic E-state index is -3.49. The number of hydrogen-bond donors (Lipinski definition) is 1. The lowest BCUT2D eigenvalue weighted by atomic mass is 10.3. The van der Waals surface area contributed by atoms with Crippen LogP contribution in [-0.2, 0) is 0 Å². The highest BCUT2D eigenvalue weighted by atomic mass is 16.5. The monoisotopic (exact) mass is 175 g/mol. The van der Waals surface area contributed by atoms with Crippen molar-refractivity contribution < 1.29 is 22.2 Å². The van der Waals surface area contributed by atoms with Gasteiger partial charge in [-0.25, -0.2) is 0 Å². The van der Waals surface area contributed by atoms with E-state index < -0.39 is 26.2 Å². The molecule has 12 heavy (non-hydrogen) atoms. The van der Waals surface area contributed by atoms with Crippen molar-refractivity contribution in [1.29, 1.82) is 0 Å². The highest BCUT2D eigenvalue weighted by Gasteiger charge is 1.93. The molecule has 0 aliphatic carbocycles. The van der Waals surface area contributed by atoms with E-state index in [1.807, 2.05) is 0 Å². The van der Waals surface area contributed by atoms with Crippen LogP contribution in [0.25, 0.3) is 0 Å². The summed E-state index contributed by atoms with van der Waals surface area (Å²) < 4.78 is 70.9. The van der Waals surface area contributed by atoms with Crippen LogP contribution in [0.2, 0.25) is 0 Å². The number of aromatic hydroxyl groups is 1. The lowest BCUT2D eigenvalue weighted by Gasteiger charge is -2.04.